The highest BCUT2D eigenvalue weighted by atomic mass is 13.9. The molecule has 0 spiro atoms. The fraction of sp³-hybridized carbons (Fsp3) is 0.385. The van der Waals surface area contributed by atoms with Crippen LogP contribution in [0.15, 0.2) is 42.5 Å². The van der Waals surface area contributed by atoms with Crippen molar-refractivity contribution < 1.29 is 0 Å². The van der Waals surface area contributed by atoms with Crippen LogP contribution in [0.4, 0.5) is 0 Å². The molecule has 0 aromatic heterocycles. The molecule has 0 aliphatic heterocycles. The molecule has 13 heavy (non-hydrogen) atoms. The first-order valence-corrected chi connectivity index (χ1v) is 5.02. The van der Waals surface area contributed by atoms with Crippen molar-refractivity contribution >= 4 is 0 Å². The van der Waals surface area contributed by atoms with Crippen molar-refractivity contribution in [3.63, 3.8) is 0 Å². The predicted molar refractivity (Wildman–Crippen MR) is 58.3 cm³/mol. The third-order valence-electron chi connectivity index (χ3n) is 1.93. The zero-order valence-electron chi connectivity index (χ0n) is 8.08. The summed E-state index contributed by atoms with van der Waals surface area (Å²) in [6, 6.07) is 0. The van der Waals surface area contributed by atoms with Gasteiger partial charge in [0.05, 0.1) is 0 Å². The quantitative estimate of drug-likeness (QED) is 0.486. The minimum atomic E-state index is 0.942. The second kappa shape index (κ2) is 7.60. The average molecular weight is 173 g/mol. The Hall–Kier alpha value is -1.04. The van der Waals surface area contributed by atoms with Crippen molar-refractivity contribution in [2.75, 3.05) is 0 Å². The van der Waals surface area contributed by atoms with Crippen LogP contribution < -0.4 is 0 Å². The van der Waals surface area contributed by atoms with Crippen LogP contribution in [0.5, 0.6) is 0 Å². The summed E-state index contributed by atoms with van der Waals surface area (Å²) < 4.78 is 0. The molecule has 1 aliphatic rings. The molecule has 0 fully saturated rings. The lowest BCUT2D eigenvalue weighted by Crippen LogP contribution is -1.69. The molecule has 0 aromatic carbocycles. The first-order valence-electron chi connectivity index (χ1n) is 5.02. The number of hydrogen-bond acceptors (Lipinski definition) is 0. The zero-order valence-corrected chi connectivity index (χ0v) is 8.08. The number of rotatable bonds is 0. The van der Waals surface area contributed by atoms with E-state index < -0.39 is 0 Å². The second-order valence-corrected chi connectivity index (χ2v) is 3.11. The Morgan fingerprint density at radius 3 is 2.62 bits per heavy atom. The fourth-order valence-electron chi connectivity index (χ4n) is 1.20. The van der Waals surface area contributed by atoms with Crippen molar-refractivity contribution in [3.8, 4) is 0 Å². The summed E-state index contributed by atoms with van der Waals surface area (Å²) in [6.07, 6.45) is 24.0. The Morgan fingerprint density at radius 1 is 0.846 bits per heavy atom. The van der Waals surface area contributed by atoms with Crippen LogP contribution in [0.3, 0.4) is 0 Å². The molecular weight excluding hydrogens is 156 g/mol. The number of hydrogen-bond donors (Lipinski definition) is 0. The number of allylic oxidation sites excluding steroid dienone is 8. The molecule has 1 aliphatic carbocycles. The van der Waals surface area contributed by atoms with Crippen molar-refractivity contribution in [2.24, 2.45) is 0 Å². The Morgan fingerprint density at radius 2 is 1.69 bits per heavy atom. The normalized spacial score (nSPS) is 28.9. The molecule has 1 rings (SSSR count). The maximum Gasteiger partial charge on any atom is -0.00946 e. The largest absolute Gasteiger partial charge is 0.0882 e. The molecule has 0 heteroatoms. The molecule has 0 bridgehead atoms. The molecular formula is C13H17. The van der Waals surface area contributed by atoms with Gasteiger partial charge in [0, 0.05) is 0 Å². The van der Waals surface area contributed by atoms with Gasteiger partial charge >= 0.3 is 0 Å². The van der Waals surface area contributed by atoms with Gasteiger partial charge in [0.25, 0.3) is 0 Å². The summed E-state index contributed by atoms with van der Waals surface area (Å²) in [6.45, 7) is 0. The molecule has 0 saturated carbocycles. The van der Waals surface area contributed by atoms with Gasteiger partial charge in [0.1, 0.15) is 0 Å². The summed E-state index contributed by atoms with van der Waals surface area (Å²) in [5.41, 5.74) is 0. The smallest absolute Gasteiger partial charge is 0.00946 e. The van der Waals surface area contributed by atoms with Gasteiger partial charge in [-0.2, -0.15) is 0 Å². The lowest BCUT2D eigenvalue weighted by Gasteiger charge is -1.89. The van der Waals surface area contributed by atoms with Crippen LogP contribution in [0.2, 0.25) is 0 Å². The Labute approximate surface area is 81.4 Å². The Bertz CT molecular complexity index is 192. The van der Waals surface area contributed by atoms with Crippen LogP contribution in [0.1, 0.15) is 32.1 Å². The maximum atomic E-state index is 3.20. The Kier molecular flexibility index (Phi) is 5.87. The van der Waals surface area contributed by atoms with Crippen LogP contribution in [0, 0.1) is 6.08 Å². The van der Waals surface area contributed by atoms with E-state index in [2.05, 4.69) is 42.5 Å². The van der Waals surface area contributed by atoms with Gasteiger partial charge in [-0.3, -0.25) is 0 Å². The van der Waals surface area contributed by atoms with Gasteiger partial charge in [-0.05, 0) is 38.2 Å². The van der Waals surface area contributed by atoms with Gasteiger partial charge in [-0.1, -0.05) is 42.5 Å². The van der Waals surface area contributed by atoms with Crippen molar-refractivity contribution in [2.45, 2.75) is 32.1 Å². The fourth-order valence-corrected chi connectivity index (χ4v) is 1.20. The van der Waals surface area contributed by atoms with Gasteiger partial charge in [-0.25, -0.2) is 0 Å². The van der Waals surface area contributed by atoms with E-state index in [0.717, 1.165) is 12.8 Å². The Balaban J connectivity index is 2.38. The van der Waals surface area contributed by atoms with Crippen LogP contribution in [-0.2, 0) is 0 Å². The molecule has 0 nitrogen and oxygen atoms in total. The van der Waals surface area contributed by atoms with Gasteiger partial charge in [-0.15, -0.1) is 0 Å². The highest BCUT2D eigenvalue weighted by Crippen LogP contribution is 2.01. The third kappa shape index (κ3) is 6.15. The maximum absolute atomic E-state index is 3.20. The lowest BCUT2D eigenvalue weighted by molar-refractivity contribution is 0.864. The summed E-state index contributed by atoms with van der Waals surface area (Å²) >= 11 is 0. The summed E-state index contributed by atoms with van der Waals surface area (Å²) in [5.74, 6) is 0. The van der Waals surface area contributed by atoms with Crippen molar-refractivity contribution in [3.05, 3.63) is 48.6 Å². The van der Waals surface area contributed by atoms with Crippen LogP contribution >= 0.6 is 0 Å². The van der Waals surface area contributed by atoms with Crippen molar-refractivity contribution in [1.82, 2.24) is 0 Å². The molecule has 0 heterocycles. The average Bonchev–Trinajstić information content (AvgIpc) is 2.18. The van der Waals surface area contributed by atoms with E-state index in [4.69, 9.17) is 0 Å². The SMILES string of the molecule is [C]1=C/C=C\C/C=C\CCC/C=C/C/1. The van der Waals surface area contributed by atoms with E-state index in [9.17, 15) is 0 Å². The monoisotopic (exact) mass is 173 g/mol. The van der Waals surface area contributed by atoms with Crippen LogP contribution in [0.25, 0.3) is 0 Å². The second-order valence-electron chi connectivity index (χ2n) is 3.11. The molecule has 0 saturated heterocycles. The first kappa shape index (κ1) is 10.0. The van der Waals surface area contributed by atoms with Gasteiger partial charge in [0.15, 0.2) is 0 Å². The van der Waals surface area contributed by atoms with E-state index >= 15 is 0 Å². The topological polar surface area (TPSA) is 0 Å². The molecule has 0 amide bonds. The molecule has 0 N–H and O–H groups in total. The molecule has 1 radical (unpaired) electrons. The molecule has 0 aromatic rings. The van der Waals surface area contributed by atoms with E-state index in [0.29, 0.717) is 0 Å². The van der Waals surface area contributed by atoms with Crippen LogP contribution in [-0.4, -0.2) is 0 Å². The van der Waals surface area contributed by atoms with E-state index in [1.54, 1.807) is 0 Å². The predicted octanol–water partition coefficient (Wildman–Crippen LogP) is 3.98. The highest BCUT2D eigenvalue weighted by Gasteiger charge is 1.81. The first-order chi connectivity index (χ1) is 6.50. The summed E-state index contributed by atoms with van der Waals surface area (Å²) in [7, 11) is 0. The van der Waals surface area contributed by atoms with E-state index in [-0.39, 0.29) is 0 Å². The van der Waals surface area contributed by atoms with Gasteiger partial charge in [0.2, 0.25) is 0 Å². The molecule has 0 unspecified atom stereocenters. The summed E-state index contributed by atoms with van der Waals surface area (Å²) in [4.78, 5) is 0. The van der Waals surface area contributed by atoms with E-state index in [1.165, 1.54) is 19.3 Å². The van der Waals surface area contributed by atoms with Crippen molar-refractivity contribution in [1.29, 1.82) is 0 Å². The molecule has 0 atom stereocenters. The standard InChI is InChI=1S/C13H17/c1-2-4-6-8-10-12-13-11-9-7-5-3-1/h1-3,6,8-9,11H,4,7,10,12-13H2/b2-1-,5-3?,8-6-,11-9+. The minimum Gasteiger partial charge on any atom is -0.0882 e. The zero-order chi connectivity index (χ0) is 9.19. The third-order valence-corrected chi connectivity index (χ3v) is 1.93. The van der Waals surface area contributed by atoms with E-state index in [1.807, 2.05) is 6.08 Å². The molecule has 69 valence electrons. The van der Waals surface area contributed by atoms with Gasteiger partial charge < -0.3 is 0 Å². The lowest BCUT2D eigenvalue weighted by atomic mass is 10.2. The highest BCUT2D eigenvalue weighted by molar-refractivity contribution is 5.04. The summed E-state index contributed by atoms with van der Waals surface area (Å²) in [5, 5.41) is 0. The minimum absolute atomic E-state index is 0.942.